The van der Waals surface area contributed by atoms with E-state index in [1.807, 2.05) is 4.72 Å². The first-order chi connectivity index (χ1) is 10.0. The van der Waals surface area contributed by atoms with Crippen LogP contribution in [0.5, 0.6) is 0 Å². The number of hydrogen-bond donors (Lipinski definition) is 1. The van der Waals surface area contributed by atoms with Gasteiger partial charge in [0.15, 0.2) is 0 Å². The summed E-state index contributed by atoms with van der Waals surface area (Å²) in [6.45, 7) is 0.215. The molecule has 1 aromatic heterocycles. The van der Waals surface area contributed by atoms with Crippen molar-refractivity contribution in [1.82, 2.24) is 9.88 Å². The molecule has 7 nitrogen and oxygen atoms in total. The van der Waals surface area contributed by atoms with Crippen molar-refractivity contribution in [2.45, 2.75) is 12.4 Å². The van der Waals surface area contributed by atoms with Crippen LogP contribution in [0.3, 0.4) is 0 Å². The first-order valence-electron chi connectivity index (χ1n) is 6.03. The summed E-state index contributed by atoms with van der Waals surface area (Å²) in [6, 6.07) is 8.05. The van der Waals surface area contributed by atoms with Crippen molar-refractivity contribution in [1.29, 1.82) is 0 Å². The van der Waals surface area contributed by atoms with Crippen LogP contribution in [-0.2, 0) is 27.1 Å². The van der Waals surface area contributed by atoms with Crippen LogP contribution in [0.2, 0.25) is 0 Å². The second-order valence-electron chi connectivity index (χ2n) is 4.27. The topological polar surface area (TPSA) is 98.5 Å². The third kappa shape index (κ3) is 4.14. The minimum absolute atomic E-state index is 0.215. The number of aromatic nitrogens is 1. The summed E-state index contributed by atoms with van der Waals surface area (Å²) in [6.07, 6.45) is 1.26. The first-order valence-corrected chi connectivity index (χ1v) is 7.68. The second kappa shape index (κ2) is 6.51. The number of ether oxygens (including phenoxy) is 1. The van der Waals surface area contributed by atoms with E-state index in [0.717, 1.165) is 0 Å². The van der Waals surface area contributed by atoms with E-state index >= 15 is 0 Å². The van der Waals surface area contributed by atoms with Gasteiger partial charge in [0.2, 0.25) is 10.0 Å². The van der Waals surface area contributed by atoms with Gasteiger partial charge in [-0.25, -0.2) is 13.1 Å². The Labute approximate surface area is 121 Å². The minimum Gasteiger partial charge on any atom is -0.380 e. The van der Waals surface area contributed by atoms with E-state index in [0.29, 0.717) is 5.56 Å². The Morgan fingerprint density at radius 2 is 2.10 bits per heavy atom. The molecule has 112 valence electrons. The summed E-state index contributed by atoms with van der Waals surface area (Å²) in [4.78, 5) is 12.1. The van der Waals surface area contributed by atoms with Crippen molar-refractivity contribution in [3.63, 3.8) is 0 Å². The molecule has 1 N–H and O–H groups in total. The lowest BCUT2D eigenvalue weighted by Gasteiger charge is -2.09. The van der Waals surface area contributed by atoms with Crippen LogP contribution >= 0.6 is 0 Å². The normalized spacial score (nSPS) is 11.3. The molecule has 0 radical (unpaired) electrons. The van der Waals surface area contributed by atoms with Crippen LogP contribution < -0.4 is 4.72 Å². The molecular weight excluding hydrogens is 296 g/mol. The number of amides is 1. The largest absolute Gasteiger partial charge is 0.380 e. The molecule has 0 aliphatic carbocycles. The molecule has 1 aromatic carbocycles. The summed E-state index contributed by atoms with van der Waals surface area (Å²) < 4.78 is 35.4. The molecule has 1 amide bonds. The predicted octanol–water partition coefficient (Wildman–Crippen LogP) is 1.08. The van der Waals surface area contributed by atoms with Crippen LogP contribution in [-0.4, -0.2) is 26.6 Å². The van der Waals surface area contributed by atoms with Crippen molar-refractivity contribution in [3.05, 3.63) is 53.4 Å². The molecule has 1 heterocycles. The zero-order valence-electron chi connectivity index (χ0n) is 11.3. The molecule has 0 saturated heterocycles. The molecule has 0 aliphatic heterocycles. The van der Waals surface area contributed by atoms with E-state index in [1.54, 1.807) is 18.2 Å². The SMILES string of the molecule is COCc1ccccc1C(=O)NS(=O)(=O)Cc1ccon1. The molecule has 0 bridgehead atoms. The summed E-state index contributed by atoms with van der Waals surface area (Å²) >= 11 is 0. The number of rotatable bonds is 6. The highest BCUT2D eigenvalue weighted by atomic mass is 32.2. The average molecular weight is 310 g/mol. The van der Waals surface area contributed by atoms with Gasteiger partial charge in [-0.15, -0.1) is 0 Å². The molecule has 21 heavy (non-hydrogen) atoms. The van der Waals surface area contributed by atoms with E-state index < -0.39 is 21.7 Å². The number of nitrogens with one attached hydrogen (secondary N) is 1. The standard InChI is InChI=1S/C13H14N2O5S/c1-19-8-10-4-2-3-5-12(10)13(16)15-21(17,18)9-11-6-7-20-14-11/h2-7H,8-9H2,1H3,(H,15,16). The maximum atomic E-state index is 12.1. The zero-order chi connectivity index (χ0) is 15.3. The summed E-state index contributed by atoms with van der Waals surface area (Å²) in [5, 5.41) is 3.50. The Morgan fingerprint density at radius 1 is 1.33 bits per heavy atom. The number of sulfonamides is 1. The molecule has 0 spiro atoms. The van der Waals surface area contributed by atoms with Gasteiger partial charge in [0.05, 0.1) is 6.61 Å². The lowest BCUT2D eigenvalue weighted by atomic mass is 10.1. The monoisotopic (exact) mass is 310 g/mol. The molecule has 0 fully saturated rings. The first kappa shape index (κ1) is 15.2. The van der Waals surface area contributed by atoms with Gasteiger partial charge in [0.25, 0.3) is 5.91 Å². The Bertz CT molecular complexity index is 710. The highest BCUT2D eigenvalue weighted by Crippen LogP contribution is 2.11. The highest BCUT2D eigenvalue weighted by molar-refractivity contribution is 7.89. The van der Waals surface area contributed by atoms with Gasteiger partial charge >= 0.3 is 0 Å². The van der Waals surface area contributed by atoms with Gasteiger partial charge < -0.3 is 9.26 Å². The second-order valence-corrected chi connectivity index (χ2v) is 5.99. The fraction of sp³-hybridized carbons (Fsp3) is 0.231. The van der Waals surface area contributed by atoms with Crippen molar-refractivity contribution in [2.24, 2.45) is 0 Å². The van der Waals surface area contributed by atoms with Crippen LogP contribution in [0.1, 0.15) is 21.6 Å². The maximum absolute atomic E-state index is 12.1. The molecule has 0 atom stereocenters. The number of methoxy groups -OCH3 is 1. The minimum atomic E-state index is -3.85. The number of hydrogen-bond acceptors (Lipinski definition) is 6. The molecule has 0 saturated carbocycles. The predicted molar refractivity (Wildman–Crippen MR) is 73.7 cm³/mol. The van der Waals surface area contributed by atoms with Crippen molar-refractivity contribution < 1.29 is 22.5 Å². The molecule has 2 rings (SSSR count). The number of benzene rings is 1. The Hall–Kier alpha value is -2.19. The van der Waals surface area contributed by atoms with E-state index in [9.17, 15) is 13.2 Å². The molecular formula is C13H14N2O5S. The van der Waals surface area contributed by atoms with E-state index in [-0.39, 0.29) is 17.9 Å². The zero-order valence-corrected chi connectivity index (χ0v) is 12.1. The Morgan fingerprint density at radius 3 is 2.76 bits per heavy atom. The fourth-order valence-corrected chi connectivity index (χ4v) is 2.77. The van der Waals surface area contributed by atoms with Crippen molar-refractivity contribution in [2.75, 3.05) is 7.11 Å². The Balaban J connectivity index is 2.14. The maximum Gasteiger partial charge on any atom is 0.265 e. The number of carbonyl (C=O) groups is 1. The molecule has 2 aromatic rings. The van der Waals surface area contributed by atoms with Gasteiger partial charge in [-0.05, 0) is 11.6 Å². The van der Waals surface area contributed by atoms with Gasteiger partial charge in [-0.2, -0.15) is 0 Å². The summed E-state index contributed by atoms with van der Waals surface area (Å²) in [5.74, 6) is -1.13. The molecule has 0 unspecified atom stereocenters. The van der Waals surface area contributed by atoms with Crippen molar-refractivity contribution >= 4 is 15.9 Å². The van der Waals surface area contributed by atoms with Crippen molar-refractivity contribution in [3.8, 4) is 0 Å². The van der Waals surface area contributed by atoms with Gasteiger partial charge in [0, 0.05) is 18.7 Å². The quantitative estimate of drug-likeness (QED) is 0.857. The summed E-state index contributed by atoms with van der Waals surface area (Å²) in [7, 11) is -2.35. The van der Waals surface area contributed by atoms with Gasteiger partial charge in [0.1, 0.15) is 17.7 Å². The average Bonchev–Trinajstić information content (AvgIpc) is 2.91. The lowest BCUT2D eigenvalue weighted by molar-refractivity contribution is 0.0976. The van der Waals surface area contributed by atoms with Crippen LogP contribution in [0.25, 0.3) is 0 Å². The number of carbonyl (C=O) groups excluding carboxylic acids is 1. The van der Waals surface area contributed by atoms with E-state index in [4.69, 9.17) is 4.74 Å². The number of nitrogens with zero attached hydrogens (tertiary/aromatic N) is 1. The molecule has 0 aliphatic rings. The third-order valence-corrected chi connectivity index (χ3v) is 3.81. The Kier molecular flexibility index (Phi) is 4.71. The molecule has 8 heteroatoms. The summed E-state index contributed by atoms with van der Waals surface area (Å²) in [5.41, 5.74) is 1.08. The van der Waals surface area contributed by atoms with E-state index in [2.05, 4.69) is 9.68 Å². The van der Waals surface area contributed by atoms with Gasteiger partial charge in [-0.3, -0.25) is 4.79 Å². The van der Waals surface area contributed by atoms with E-state index in [1.165, 1.54) is 25.5 Å². The third-order valence-electron chi connectivity index (χ3n) is 2.64. The smallest absolute Gasteiger partial charge is 0.265 e. The fourth-order valence-electron chi connectivity index (χ4n) is 1.76. The van der Waals surface area contributed by atoms with Crippen LogP contribution in [0.15, 0.2) is 41.1 Å². The van der Waals surface area contributed by atoms with Crippen LogP contribution in [0.4, 0.5) is 0 Å². The van der Waals surface area contributed by atoms with Gasteiger partial charge in [-0.1, -0.05) is 23.4 Å². The van der Waals surface area contributed by atoms with Crippen LogP contribution in [0, 0.1) is 0 Å². The highest BCUT2D eigenvalue weighted by Gasteiger charge is 2.19. The lowest BCUT2D eigenvalue weighted by Crippen LogP contribution is -2.32.